The molecule has 0 saturated carbocycles. The highest BCUT2D eigenvalue weighted by Crippen LogP contribution is 2.33. The van der Waals surface area contributed by atoms with Crippen molar-refractivity contribution in [2.75, 3.05) is 0 Å². The van der Waals surface area contributed by atoms with Crippen LogP contribution >= 0.6 is 0 Å². The van der Waals surface area contributed by atoms with E-state index in [0.717, 1.165) is 0 Å². The molecule has 0 fully saturated rings. The van der Waals surface area contributed by atoms with E-state index < -0.39 is 0 Å². The second kappa shape index (κ2) is 4.00. The standard InChI is InChI=1S/C10H21/c1-6-8-9(7-2)10(3,4)5/h6-8H2,1-5H3. The van der Waals surface area contributed by atoms with Gasteiger partial charge in [0.15, 0.2) is 0 Å². The molecule has 0 aliphatic rings. The molecule has 0 saturated heterocycles. The predicted octanol–water partition coefficient (Wildman–Crippen LogP) is 3.82. The van der Waals surface area contributed by atoms with Crippen LogP contribution in [-0.2, 0) is 0 Å². The van der Waals surface area contributed by atoms with Crippen molar-refractivity contribution in [3.63, 3.8) is 0 Å². The summed E-state index contributed by atoms with van der Waals surface area (Å²) in [7, 11) is 0. The lowest BCUT2D eigenvalue weighted by Gasteiger charge is -2.28. The van der Waals surface area contributed by atoms with Crippen LogP contribution in [-0.4, -0.2) is 0 Å². The molecule has 0 bridgehead atoms. The average Bonchev–Trinajstić information content (AvgIpc) is 1.80. The van der Waals surface area contributed by atoms with Crippen molar-refractivity contribution >= 4 is 0 Å². The van der Waals surface area contributed by atoms with Crippen LogP contribution in [0.5, 0.6) is 0 Å². The Hall–Kier alpha value is 0. The van der Waals surface area contributed by atoms with Crippen molar-refractivity contribution in [3.8, 4) is 0 Å². The summed E-state index contributed by atoms with van der Waals surface area (Å²) in [5.74, 6) is 1.70. The topological polar surface area (TPSA) is 0 Å². The molecule has 0 aromatic carbocycles. The summed E-state index contributed by atoms with van der Waals surface area (Å²) in [4.78, 5) is 0. The van der Waals surface area contributed by atoms with Gasteiger partial charge in [-0.05, 0) is 24.2 Å². The Bertz CT molecular complexity index is 76.5. The van der Waals surface area contributed by atoms with Gasteiger partial charge in [-0.3, -0.25) is 0 Å². The maximum Gasteiger partial charge on any atom is -0.0190 e. The molecule has 0 N–H and O–H groups in total. The normalized spacial score (nSPS) is 12.6. The molecule has 10 heavy (non-hydrogen) atoms. The Morgan fingerprint density at radius 2 is 1.60 bits per heavy atom. The molecule has 0 aromatic rings. The number of hydrogen-bond donors (Lipinski definition) is 0. The first-order valence-corrected chi connectivity index (χ1v) is 4.37. The molecular formula is C10H21. The van der Waals surface area contributed by atoms with Gasteiger partial charge < -0.3 is 0 Å². The van der Waals surface area contributed by atoms with E-state index in [1.165, 1.54) is 19.3 Å². The molecule has 0 amide bonds. The first-order valence-electron chi connectivity index (χ1n) is 4.37. The lowest BCUT2D eigenvalue weighted by Crippen LogP contribution is -2.16. The van der Waals surface area contributed by atoms with Crippen molar-refractivity contribution in [1.82, 2.24) is 0 Å². The first-order chi connectivity index (χ1) is 4.52. The average molecular weight is 141 g/mol. The summed E-state index contributed by atoms with van der Waals surface area (Å²) in [5, 5.41) is 0. The minimum atomic E-state index is 0.435. The monoisotopic (exact) mass is 141 g/mol. The second-order valence-corrected chi connectivity index (χ2v) is 3.96. The lowest BCUT2D eigenvalue weighted by atomic mass is 9.77. The summed E-state index contributed by atoms with van der Waals surface area (Å²) in [6.45, 7) is 11.4. The van der Waals surface area contributed by atoms with Gasteiger partial charge in [0.25, 0.3) is 0 Å². The summed E-state index contributed by atoms with van der Waals surface area (Å²) in [6, 6.07) is 0. The largest absolute Gasteiger partial charge is 0.0654 e. The zero-order valence-electron chi connectivity index (χ0n) is 8.12. The smallest absolute Gasteiger partial charge is 0.0190 e. The molecule has 0 nitrogen and oxygen atoms in total. The highest BCUT2D eigenvalue weighted by Gasteiger charge is 2.21. The molecule has 0 heterocycles. The molecule has 0 spiro atoms. The van der Waals surface area contributed by atoms with Crippen molar-refractivity contribution in [3.05, 3.63) is 5.92 Å². The van der Waals surface area contributed by atoms with E-state index in [2.05, 4.69) is 34.6 Å². The van der Waals surface area contributed by atoms with E-state index in [9.17, 15) is 0 Å². The summed E-state index contributed by atoms with van der Waals surface area (Å²) in [6.07, 6.45) is 3.85. The van der Waals surface area contributed by atoms with Gasteiger partial charge in [0.2, 0.25) is 0 Å². The molecule has 0 heteroatoms. The number of rotatable bonds is 3. The van der Waals surface area contributed by atoms with Gasteiger partial charge in [-0.2, -0.15) is 0 Å². The maximum absolute atomic E-state index is 2.31. The minimum Gasteiger partial charge on any atom is -0.0654 e. The third-order valence-electron chi connectivity index (χ3n) is 2.04. The van der Waals surface area contributed by atoms with Crippen LogP contribution in [0.1, 0.15) is 53.9 Å². The summed E-state index contributed by atoms with van der Waals surface area (Å²) >= 11 is 0. The highest BCUT2D eigenvalue weighted by molar-refractivity contribution is 4.98. The molecule has 0 aliphatic heterocycles. The van der Waals surface area contributed by atoms with E-state index in [-0.39, 0.29) is 0 Å². The van der Waals surface area contributed by atoms with Gasteiger partial charge in [0, 0.05) is 0 Å². The summed E-state index contributed by atoms with van der Waals surface area (Å²) < 4.78 is 0. The first kappa shape index (κ1) is 10.0. The minimum absolute atomic E-state index is 0.435. The third-order valence-corrected chi connectivity index (χ3v) is 2.04. The quantitative estimate of drug-likeness (QED) is 0.560. The predicted molar refractivity (Wildman–Crippen MR) is 47.9 cm³/mol. The van der Waals surface area contributed by atoms with Gasteiger partial charge in [-0.15, -0.1) is 0 Å². The summed E-state index contributed by atoms with van der Waals surface area (Å²) in [5.41, 5.74) is 0.435. The van der Waals surface area contributed by atoms with Gasteiger partial charge in [-0.25, -0.2) is 0 Å². The molecular weight excluding hydrogens is 120 g/mol. The highest BCUT2D eigenvalue weighted by atomic mass is 14.3. The van der Waals surface area contributed by atoms with Crippen molar-refractivity contribution in [2.24, 2.45) is 5.41 Å². The van der Waals surface area contributed by atoms with Gasteiger partial charge in [0.1, 0.15) is 0 Å². The van der Waals surface area contributed by atoms with Crippen LogP contribution in [0.2, 0.25) is 0 Å². The fourth-order valence-corrected chi connectivity index (χ4v) is 1.38. The van der Waals surface area contributed by atoms with Gasteiger partial charge in [-0.1, -0.05) is 41.0 Å². The van der Waals surface area contributed by atoms with Crippen LogP contribution in [0.15, 0.2) is 0 Å². The third kappa shape index (κ3) is 3.24. The Morgan fingerprint density at radius 3 is 1.70 bits per heavy atom. The van der Waals surface area contributed by atoms with E-state index in [0.29, 0.717) is 5.41 Å². The van der Waals surface area contributed by atoms with Crippen LogP contribution in [0.4, 0.5) is 0 Å². The molecule has 0 unspecified atom stereocenters. The van der Waals surface area contributed by atoms with E-state index in [1.807, 2.05) is 0 Å². The molecule has 0 atom stereocenters. The van der Waals surface area contributed by atoms with Gasteiger partial charge in [0.05, 0.1) is 0 Å². The van der Waals surface area contributed by atoms with E-state index >= 15 is 0 Å². The molecule has 0 aliphatic carbocycles. The molecule has 0 rings (SSSR count). The second-order valence-electron chi connectivity index (χ2n) is 3.96. The fourth-order valence-electron chi connectivity index (χ4n) is 1.38. The fraction of sp³-hybridized carbons (Fsp3) is 0.900. The number of hydrogen-bond acceptors (Lipinski definition) is 0. The van der Waals surface area contributed by atoms with Crippen LogP contribution < -0.4 is 0 Å². The lowest BCUT2D eigenvalue weighted by molar-refractivity contribution is 0.387. The van der Waals surface area contributed by atoms with E-state index in [4.69, 9.17) is 0 Å². The van der Waals surface area contributed by atoms with Crippen LogP contribution in [0, 0.1) is 11.3 Å². The zero-order valence-corrected chi connectivity index (χ0v) is 8.12. The van der Waals surface area contributed by atoms with Crippen LogP contribution in [0.3, 0.4) is 0 Å². The van der Waals surface area contributed by atoms with Crippen molar-refractivity contribution in [2.45, 2.75) is 53.9 Å². The maximum atomic E-state index is 2.31. The molecule has 61 valence electrons. The Labute approximate surface area is 66.0 Å². The zero-order chi connectivity index (χ0) is 8.20. The Kier molecular flexibility index (Phi) is 4.00. The Balaban J connectivity index is 3.81. The van der Waals surface area contributed by atoms with Crippen LogP contribution in [0.25, 0.3) is 0 Å². The van der Waals surface area contributed by atoms with Gasteiger partial charge >= 0.3 is 0 Å². The van der Waals surface area contributed by atoms with E-state index in [1.54, 1.807) is 5.92 Å². The van der Waals surface area contributed by atoms with Crippen molar-refractivity contribution < 1.29 is 0 Å². The molecule has 0 aromatic heterocycles. The molecule has 1 radical (unpaired) electrons. The Morgan fingerprint density at radius 1 is 1.10 bits per heavy atom. The van der Waals surface area contributed by atoms with Crippen molar-refractivity contribution in [1.29, 1.82) is 0 Å². The SMILES string of the molecule is CCC[C](CC)C(C)(C)C.